The van der Waals surface area contributed by atoms with E-state index in [0.29, 0.717) is 13.0 Å². The Morgan fingerprint density at radius 1 is 1.15 bits per heavy atom. The highest BCUT2D eigenvalue weighted by Crippen LogP contribution is 2.26. The molecule has 0 fully saturated rings. The van der Waals surface area contributed by atoms with Crippen molar-refractivity contribution in [1.82, 2.24) is 0 Å². The number of methoxy groups -OCH3 is 1. The average molecular weight is 275 g/mol. The Morgan fingerprint density at radius 2 is 1.80 bits per heavy atom. The molecule has 110 valence electrons. The van der Waals surface area contributed by atoms with Crippen LogP contribution in [-0.2, 0) is 16.1 Å². The number of hydrogen-bond acceptors (Lipinski definition) is 3. The second kappa shape index (κ2) is 8.04. The summed E-state index contributed by atoms with van der Waals surface area (Å²) in [4.78, 5) is 0. The minimum absolute atomic E-state index is 0.0776. The number of nitriles is 1. The number of ether oxygens (including phenoxy) is 2. The first-order valence-corrected chi connectivity index (χ1v) is 7.05. The highest BCUT2D eigenvalue weighted by atomic mass is 16.5. The second-order valence-electron chi connectivity index (χ2n) is 6.08. The molecule has 0 bridgehead atoms. The van der Waals surface area contributed by atoms with Gasteiger partial charge < -0.3 is 9.47 Å². The number of hydrogen-bond donors (Lipinski definition) is 0. The summed E-state index contributed by atoms with van der Waals surface area (Å²) in [7, 11) is 1.72. The van der Waals surface area contributed by atoms with E-state index in [2.05, 4.69) is 26.8 Å². The van der Waals surface area contributed by atoms with Crippen LogP contribution in [-0.4, -0.2) is 19.3 Å². The summed E-state index contributed by atoms with van der Waals surface area (Å²) in [5.41, 5.74) is 1.17. The molecule has 0 amide bonds. The van der Waals surface area contributed by atoms with Crippen molar-refractivity contribution in [3.8, 4) is 6.07 Å². The van der Waals surface area contributed by atoms with Gasteiger partial charge in [0.15, 0.2) is 0 Å². The Kier molecular flexibility index (Phi) is 6.70. The van der Waals surface area contributed by atoms with Crippen LogP contribution in [0.1, 0.15) is 39.2 Å². The molecular formula is C17H25NO2. The second-order valence-corrected chi connectivity index (χ2v) is 6.08. The molecule has 1 rings (SSSR count). The maximum atomic E-state index is 9.18. The molecule has 0 saturated carbocycles. The van der Waals surface area contributed by atoms with Crippen molar-refractivity contribution in [1.29, 1.82) is 5.26 Å². The number of nitrogens with zero attached hydrogens (tertiary/aromatic N) is 1. The lowest BCUT2D eigenvalue weighted by Gasteiger charge is -2.29. The first-order chi connectivity index (χ1) is 9.47. The van der Waals surface area contributed by atoms with Crippen LogP contribution in [0, 0.1) is 16.7 Å². The molecule has 3 heteroatoms. The first-order valence-electron chi connectivity index (χ1n) is 7.05. The lowest BCUT2D eigenvalue weighted by molar-refractivity contribution is -0.00533. The molecule has 0 saturated heterocycles. The third-order valence-electron chi connectivity index (χ3n) is 3.38. The van der Waals surface area contributed by atoms with E-state index in [-0.39, 0.29) is 17.6 Å². The Labute approximate surface area is 122 Å². The van der Waals surface area contributed by atoms with Crippen LogP contribution in [0.2, 0.25) is 0 Å². The van der Waals surface area contributed by atoms with Gasteiger partial charge in [0.05, 0.1) is 18.8 Å². The van der Waals surface area contributed by atoms with Crippen LogP contribution in [0.5, 0.6) is 0 Å². The maximum absolute atomic E-state index is 9.18. The van der Waals surface area contributed by atoms with Gasteiger partial charge in [-0.1, -0.05) is 51.1 Å². The van der Waals surface area contributed by atoms with Gasteiger partial charge in [0.1, 0.15) is 6.10 Å². The number of benzene rings is 1. The zero-order valence-electron chi connectivity index (χ0n) is 12.9. The Bertz CT molecular complexity index is 417. The molecule has 1 aromatic carbocycles. The fourth-order valence-corrected chi connectivity index (χ4v) is 2.16. The lowest BCUT2D eigenvalue weighted by Crippen LogP contribution is -2.29. The topological polar surface area (TPSA) is 42.2 Å². The summed E-state index contributed by atoms with van der Waals surface area (Å²) in [6.07, 6.45) is 1.28. The fourth-order valence-electron chi connectivity index (χ4n) is 2.16. The highest BCUT2D eigenvalue weighted by molar-refractivity contribution is 5.13. The molecule has 1 aromatic rings. The van der Waals surface area contributed by atoms with Gasteiger partial charge in [0.2, 0.25) is 0 Å². The van der Waals surface area contributed by atoms with Crippen molar-refractivity contribution in [2.24, 2.45) is 5.41 Å². The van der Waals surface area contributed by atoms with Crippen LogP contribution in [0.15, 0.2) is 30.3 Å². The molecule has 20 heavy (non-hydrogen) atoms. The van der Waals surface area contributed by atoms with E-state index < -0.39 is 0 Å². The molecule has 0 aliphatic carbocycles. The SMILES string of the molecule is CO[C@@H](CC[C@@H](C#N)OCc1ccccc1)C(C)(C)C. The van der Waals surface area contributed by atoms with Crippen LogP contribution >= 0.6 is 0 Å². The van der Waals surface area contributed by atoms with Gasteiger partial charge in [-0.3, -0.25) is 0 Å². The van der Waals surface area contributed by atoms with E-state index in [1.54, 1.807) is 7.11 Å². The molecule has 0 aliphatic rings. The largest absolute Gasteiger partial charge is 0.381 e. The Hall–Kier alpha value is -1.37. The van der Waals surface area contributed by atoms with Crippen LogP contribution in [0.3, 0.4) is 0 Å². The van der Waals surface area contributed by atoms with Crippen molar-refractivity contribution in [2.45, 2.75) is 52.4 Å². The van der Waals surface area contributed by atoms with Gasteiger partial charge in [-0.2, -0.15) is 5.26 Å². The first kappa shape index (κ1) is 16.7. The predicted molar refractivity (Wildman–Crippen MR) is 80.1 cm³/mol. The van der Waals surface area contributed by atoms with Crippen molar-refractivity contribution in [2.75, 3.05) is 7.11 Å². The van der Waals surface area contributed by atoms with Crippen molar-refractivity contribution in [3.05, 3.63) is 35.9 Å². The van der Waals surface area contributed by atoms with Gasteiger partial charge in [0, 0.05) is 7.11 Å². The van der Waals surface area contributed by atoms with Gasteiger partial charge in [-0.15, -0.1) is 0 Å². The third-order valence-corrected chi connectivity index (χ3v) is 3.38. The zero-order chi connectivity index (χ0) is 15.0. The maximum Gasteiger partial charge on any atom is 0.144 e. The van der Waals surface area contributed by atoms with E-state index in [9.17, 15) is 5.26 Å². The molecular weight excluding hydrogens is 250 g/mol. The molecule has 0 N–H and O–H groups in total. The molecule has 2 atom stereocenters. The molecule has 0 radical (unpaired) electrons. The van der Waals surface area contributed by atoms with Crippen molar-refractivity contribution < 1.29 is 9.47 Å². The summed E-state index contributed by atoms with van der Waals surface area (Å²) < 4.78 is 11.2. The molecule has 0 aromatic heterocycles. The predicted octanol–water partition coefficient (Wildman–Crippen LogP) is 3.94. The normalized spacial score (nSPS) is 14.6. The summed E-state index contributed by atoms with van der Waals surface area (Å²) in [5.74, 6) is 0. The van der Waals surface area contributed by atoms with Crippen LogP contribution in [0.25, 0.3) is 0 Å². The molecule has 0 unspecified atom stereocenters. The Balaban J connectivity index is 2.42. The number of rotatable bonds is 7. The molecule has 3 nitrogen and oxygen atoms in total. The summed E-state index contributed by atoms with van der Waals surface area (Å²) in [6.45, 7) is 6.92. The van der Waals surface area contributed by atoms with E-state index >= 15 is 0 Å². The quantitative estimate of drug-likeness (QED) is 0.757. The zero-order valence-corrected chi connectivity index (χ0v) is 12.9. The third kappa shape index (κ3) is 5.73. The Morgan fingerprint density at radius 3 is 2.30 bits per heavy atom. The molecule has 0 heterocycles. The average Bonchev–Trinajstić information content (AvgIpc) is 2.42. The van der Waals surface area contributed by atoms with E-state index in [4.69, 9.17) is 9.47 Å². The van der Waals surface area contributed by atoms with E-state index in [1.807, 2.05) is 30.3 Å². The molecule has 0 spiro atoms. The lowest BCUT2D eigenvalue weighted by atomic mass is 9.86. The van der Waals surface area contributed by atoms with Crippen molar-refractivity contribution in [3.63, 3.8) is 0 Å². The highest BCUT2D eigenvalue weighted by Gasteiger charge is 2.25. The molecule has 0 aliphatic heterocycles. The standard InChI is InChI=1S/C17H25NO2/c1-17(2,3)16(19-4)11-10-15(12-18)20-13-14-8-6-5-7-9-14/h5-9,15-16H,10-11,13H2,1-4H3/t15-,16-/m0/s1. The van der Waals surface area contributed by atoms with Gasteiger partial charge in [-0.25, -0.2) is 0 Å². The minimum atomic E-state index is -0.379. The summed E-state index contributed by atoms with van der Waals surface area (Å²) in [6, 6.07) is 12.1. The van der Waals surface area contributed by atoms with Gasteiger partial charge in [0.25, 0.3) is 0 Å². The van der Waals surface area contributed by atoms with Crippen LogP contribution in [0.4, 0.5) is 0 Å². The van der Waals surface area contributed by atoms with Gasteiger partial charge in [-0.05, 0) is 23.8 Å². The summed E-state index contributed by atoms with van der Waals surface area (Å²) >= 11 is 0. The van der Waals surface area contributed by atoms with Crippen molar-refractivity contribution >= 4 is 0 Å². The fraction of sp³-hybridized carbons (Fsp3) is 0.588. The van der Waals surface area contributed by atoms with Crippen LogP contribution < -0.4 is 0 Å². The smallest absolute Gasteiger partial charge is 0.144 e. The monoisotopic (exact) mass is 275 g/mol. The van der Waals surface area contributed by atoms with Gasteiger partial charge >= 0.3 is 0 Å². The minimum Gasteiger partial charge on any atom is -0.381 e. The summed E-state index contributed by atoms with van der Waals surface area (Å²) in [5, 5.41) is 9.18. The van der Waals surface area contributed by atoms with E-state index in [1.165, 1.54) is 0 Å². The van der Waals surface area contributed by atoms with E-state index in [0.717, 1.165) is 12.0 Å².